The summed E-state index contributed by atoms with van der Waals surface area (Å²) in [4.78, 5) is 33.5. The number of nitrogens with one attached hydrogen (secondary N) is 2. The van der Waals surface area contributed by atoms with Crippen molar-refractivity contribution in [2.45, 2.75) is 13.8 Å². The first-order valence-corrected chi connectivity index (χ1v) is 5.09. The summed E-state index contributed by atoms with van der Waals surface area (Å²) in [6.07, 6.45) is 0.502. The number of hydrogen-bond donors (Lipinski definition) is 2. The molecule has 0 fully saturated rings. The molecular weight excluding hydrogens is 220 g/mol. The van der Waals surface area contributed by atoms with Crippen molar-refractivity contribution in [2.75, 3.05) is 12.4 Å². The zero-order chi connectivity index (χ0) is 13.0. The Bertz CT molecular complexity index is 481. The quantitative estimate of drug-likeness (QED) is 0.605. The van der Waals surface area contributed by atoms with Crippen molar-refractivity contribution in [1.29, 1.82) is 0 Å². The minimum atomic E-state index is -0.347. The Morgan fingerprint density at radius 1 is 1.29 bits per heavy atom. The average molecular weight is 234 g/mol. The van der Waals surface area contributed by atoms with Crippen LogP contribution in [-0.2, 0) is 4.79 Å². The van der Waals surface area contributed by atoms with E-state index < -0.39 is 0 Å². The molecule has 5 nitrogen and oxygen atoms in total. The second-order valence-electron chi connectivity index (χ2n) is 3.61. The molecule has 17 heavy (non-hydrogen) atoms. The smallest absolute Gasteiger partial charge is 0.253 e. The van der Waals surface area contributed by atoms with Gasteiger partial charge in [-0.3, -0.25) is 14.4 Å². The Labute approximate surface area is 99.2 Å². The minimum Gasteiger partial charge on any atom is -0.355 e. The summed E-state index contributed by atoms with van der Waals surface area (Å²) >= 11 is 0. The first-order chi connectivity index (χ1) is 8.01. The number of rotatable bonds is 4. The van der Waals surface area contributed by atoms with E-state index >= 15 is 0 Å². The van der Waals surface area contributed by atoms with Gasteiger partial charge in [-0.25, -0.2) is 0 Å². The number of Topliss-reactive ketones (excluding diaryl/α,β-unsaturated/α-hetero) is 1. The lowest BCUT2D eigenvalue weighted by Gasteiger charge is -2.12. The van der Waals surface area contributed by atoms with E-state index in [0.717, 1.165) is 0 Å². The van der Waals surface area contributed by atoms with Gasteiger partial charge >= 0.3 is 0 Å². The fourth-order valence-corrected chi connectivity index (χ4v) is 1.55. The Morgan fingerprint density at radius 2 is 1.94 bits per heavy atom. The van der Waals surface area contributed by atoms with Gasteiger partial charge in [0.25, 0.3) is 5.91 Å². The maximum Gasteiger partial charge on any atom is 0.253 e. The van der Waals surface area contributed by atoms with Crippen molar-refractivity contribution in [2.24, 2.45) is 0 Å². The predicted molar refractivity (Wildman–Crippen MR) is 64.3 cm³/mol. The molecule has 0 aromatic heterocycles. The summed E-state index contributed by atoms with van der Waals surface area (Å²) in [6.45, 7) is 3.15. The Kier molecular flexibility index (Phi) is 3.98. The normalized spacial score (nSPS) is 9.59. The highest BCUT2D eigenvalue weighted by Gasteiger charge is 2.15. The van der Waals surface area contributed by atoms with Crippen molar-refractivity contribution in [3.63, 3.8) is 0 Å². The summed E-state index contributed by atoms with van der Waals surface area (Å²) in [7, 11) is 1.49. The molecule has 0 aliphatic rings. The molecular formula is C12H14N2O3. The van der Waals surface area contributed by atoms with Gasteiger partial charge in [-0.2, -0.15) is 0 Å². The SMILES string of the molecule is CNC(=O)c1cc(C(C)=O)cc(C)c1NC=O. The molecule has 0 aliphatic carbocycles. The van der Waals surface area contributed by atoms with Crippen LogP contribution in [0.1, 0.15) is 33.2 Å². The third kappa shape index (κ3) is 2.69. The van der Waals surface area contributed by atoms with Gasteiger partial charge in [0, 0.05) is 12.6 Å². The van der Waals surface area contributed by atoms with Crippen molar-refractivity contribution in [3.05, 3.63) is 28.8 Å². The van der Waals surface area contributed by atoms with Crippen molar-refractivity contribution in [3.8, 4) is 0 Å². The monoisotopic (exact) mass is 234 g/mol. The third-order valence-electron chi connectivity index (χ3n) is 2.42. The van der Waals surface area contributed by atoms with Crippen LogP contribution in [0.15, 0.2) is 12.1 Å². The molecule has 90 valence electrons. The molecule has 1 rings (SSSR count). The number of ketones is 1. The Hall–Kier alpha value is -2.17. The van der Waals surface area contributed by atoms with Crippen LogP contribution < -0.4 is 10.6 Å². The fourth-order valence-electron chi connectivity index (χ4n) is 1.55. The summed E-state index contributed by atoms with van der Waals surface area (Å²) < 4.78 is 0. The lowest BCUT2D eigenvalue weighted by Crippen LogP contribution is -2.20. The second kappa shape index (κ2) is 5.25. The van der Waals surface area contributed by atoms with Gasteiger partial charge in [0.05, 0.1) is 11.3 Å². The van der Waals surface area contributed by atoms with E-state index in [-0.39, 0.29) is 17.3 Å². The number of benzene rings is 1. The van der Waals surface area contributed by atoms with E-state index in [1.54, 1.807) is 13.0 Å². The molecule has 2 N–H and O–H groups in total. The number of amides is 2. The average Bonchev–Trinajstić information content (AvgIpc) is 2.30. The molecule has 0 spiro atoms. The van der Waals surface area contributed by atoms with Crippen LogP contribution >= 0.6 is 0 Å². The van der Waals surface area contributed by atoms with Crippen LogP contribution in [-0.4, -0.2) is 25.1 Å². The lowest BCUT2D eigenvalue weighted by atomic mass is 10.0. The zero-order valence-corrected chi connectivity index (χ0v) is 9.96. The number of carbonyl (C=O) groups excluding carboxylic acids is 3. The van der Waals surface area contributed by atoms with Gasteiger partial charge < -0.3 is 10.6 Å². The number of anilines is 1. The minimum absolute atomic E-state index is 0.129. The van der Waals surface area contributed by atoms with Crippen molar-refractivity contribution < 1.29 is 14.4 Å². The van der Waals surface area contributed by atoms with Gasteiger partial charge in [-0.15, -0.1) is 0 Å². The molecule has 0 saturated heterocycles. The number of carbonyl (C=O) groups is 3. The van der Waals surface area contributed by atoms with Gasteiger partial charge in [0.2, 0.25) is 6.41 Å². The van der Waals surface area contributed by atoms with Gasteiger partial charge in [-0.1, -0.05) is 0 Å². The molecule has 0 radical (unpaired) electrons. The van der Waals surface area contributed by atoms with Gasteiger partial charge in [0.15, 0.2) is 5.78 Å². The lowest BCUT2D eigenvalue weighted by molar-refractivity contribution is -0.105. The van der Waals surface area contributed by atoms with Crippen LogP contribution in [0.5, 0.6) is 0 Å². The predicted octanol–water partition coefficient (Wildman–Crippen LogP) is 1.13. The molecule has 0 heterocycles. The van der Waals surface area contributed by atoms with E-state index in [9.17, 15) is 14.4 Å². The highest BCUT2D eigenvalue weighted by atomic mass is 16.2. The van der Waals surface area contributed by atoms with Gasteiger partial charge in [0.1, 0.15) is 0 Å². The highest BCUT2D eigenvalue weighted by molar-refractivity contribution is 6.05. The van der Waals surface area contributed by atoms with Crippen LogP contribution in [0.25, 0.3) is 0 Å². The largest absolute Gasteiger partial charge is 0.355 e. The topological polar surface area (TPSA) is 75.3 Å². The first-order valence-electron chi connectivity index (χ1n) is 5.09. The summed E-state index contributed by atoms with van der Waals surface area (Å²) in [5.41, 5.74) is 1.81. The maximum absolute atomic E-state index is 11.7. The van der Waals surface area contributed by atoms with Crippen LogP contribution in [0.3, 0.4) is 0 Å². The molecule has 2 amide bonds. The van der Waals surface area contributed by atoms with Crippen molar-refractivity contribution >= 4 is 23.8 Å². The van der Waals surface area contributed by atoms with Crippen LogP contribution in [0, 0.1) is 6.92 Å². The zero-order valence-electron chi connectivity index (χ0n) is 9.96. The van der Waals surface area contributed by atoms with Crippen LogP contribution in [0.4, 0.5) is 5.69 Å². The van der Waals surface area contributed by atoms with E-state index in [1.165, 1.54) is 20.0 Å². The molecule has 0 bridgehead atoms. The molecule has 1 aromatic rings. The number of aryl methyl sites for hydroxylation is 1. The Morgan fingerprint density at radius 3 is 2.41 bits per heavy atom. The Balaban J connectivity index is 3.43. The number of hydrogen-bond acceptors (Lipinski definition) is 3. The molecule has 5 heteroatoms. The molecule has 0 unspecified atom stereocenters. The van der Waals surface area contributed by atoms with E-state index in [2.05, 4.69) is 10.6 Å². The van der Waals surface area contributed by atoms with Crippen LogP contribution in [0.2, 0.25) is 0 Å². The van der Waals surface area contributed by atoms with E-state index in [4.69, 9.17) is 0 Å². The van der Waals surface area contributed by atoms with Gasteiger partial charge in [-0.05, 0) is 31.5 Å². The molecule has 0 saturated carbocycles. The van der Waals surface area contributed by atoms with E-state index in [1.807, 2.05) is 0 Å². The van der Waals surface area contributed by atoms with E-state index in [0.29, 0.717) is 23.2 Å². The third-order valence-corrected chi connectivity index (χ3v) is 2.42. The maximum atomic E-state index is 11.7. The first kappa shape index (κ1) is 12.9. The second-order valence-corrected chi connectivity index (χ2v) is 3.61. The summed E-state index contributed by atoms with van der Waals surface area (Å²) in [6, 6.07) is 3.11. The van der Waals surface area contributed by atoms with Crippen molar-refractivity contribution in [1.82, 2.24) is 5.32 Å². The highest BCUT2D eigenvalue weighted by Crippen LogP contribution is 2.22. The molecule has 0 aliphatic heterocycles. The fraction of sp³-hybridized carbons (Fsp3) is 0.250. The molecule has 0 atom stereocenters. The standard InChI is InChI=1S/C12H14N2O3/c1-7-4-9(8(2)16)5-10(12(17)13-3)11(7)14-6-15/h4-6H,1-3H3,(H,13,17)(H,14,15). The summed E-state index contributed by atoms with van der Waals surface area (Å²) in [5, 5.41) is 4.94. The summed E-state index contributed by atoms with van der Waals surface area (Å²) in [5.74, 6) is -0.476. The molecule has 1 aromatic carbocycles.